The molecule has 10 heteroatoms. The Balaban J connectivity index is 1.41. The number of carbonyl (C=O) groups excluding carboxylic acids is 2. The molecule has 9 nitrogen and oxygen atoms in total. The summed E-state index contributed by atoms with van der Waals surface area (Å²) in [5.74, 6) is 0.384. The van der Waals surface area contributed by atoms with E-state index in [4.69, 9.17) is 14.2 Å². The monoisotopic (exact) mass is 552 g/mol. The predicted molar refractivity (Wildman–Crippen MR) is 148 cm³/mol. The van der Waals surface area contributed by atoms with E-state index in [1.165, 1.54) is 11.1 Å². The van der Waals surface area contributed by atoms with Crippen LogP contribution in [0.4, 0.5) is 4.39 Å². The van der Waals surface area contributed by atoms with Crippen LogP contribution in [0.5, 0.6) is 11.5 Å². The van der Waals surface area contributed by atoms with Gasteiger partial charge in [0.05, 0.1) is 39.2 Å². The van der Waals surface area contributed by atoms with Gasteiger partial charge in [0, 0.05) is 44.1 Å². The molecule has 5 rings (SSSR count). The summed E-state index contributed by atoms with van der Waals surface area (Å²) in [6.07, 6.45) is 3.07. The molecule has 1 atom stereocenters. The molecule has 40 heavy (non-hydrogen) atoms. The number of hydrazone groups is 1. The molecule has 1 saturated carbocycles. The van der Waals surface area contributed by atoms with E-state index in [2.05, 4.69) is 10.0 Å². The summed E-state index contributed by atoms with van der Waals surface area (Å²) in [5, 5.41) is 6.06. The van der Waals surface area contributed by atoms with Crippen molar-refractivity contribution in [1.29, 1.82) is 0 Å². The first-order valence-corrected chi connectivity index (χ1v) is 13.9. The van der Waals surface area contributed by atoms with Crippen molar-refractivity contribution >= 4 is 17.5 Å². The highest BCUT2D eigenvalue weighted by atomic mass is 19.1. The van der Waals surface area contributed by atoms with E-state index in [0.717, 1.165) is 37.9 Å². The first kappa shape index (κ1) is 28.0. The Morgan fingerprint density at radius 1 is 1.07 bits per heavy atom. The van der Waals surface area contributed by atoms with Crippen molar-refractivity contribution in [2.24, 2.45) is 11.0 Å². The Morgan fingerprint density at radius 2 is 1.82 bits per heavy atom. The van der Waals surface area contributed by atoms with Crippen molar-refractivity contribution in [2.75, 3.05) is 60.2 Å². The number of amides is 2. The highest BCUT2D eigenvalue weighted by Gasteiger charge is 2.37. The molecule has 214 valence electrons. The second-order valence-corrected chi connectivity index (χ2v) is 10.4. The molecule has 0 N–H and O–H groups in total. The highest BCUT2D eigenvalue weighted by Crippen LogP contribution is 2.38. The minimum Gasteiger partial charge on any atom is -0.493 e. The van der Waals surface area contributed by atoms with Crippen LogP contribution >= 0.6 is 0 Å². The lowest BCUT2D eigenvalue weighted by atomic mass is 9.84. The zero-order chi connectivity index (χ0) is 28.1. The largest absolute Gasteiger partial charge is 0.493 e. The number of carbonyl (C=O) groups is 2. The molecule has 1 saturated heterocycles. The standard InChI is InChI=1S/C30H37FN4O5/c1-38-27-11-10-22(18-28(27)39-2)26-19-25(23-8-3-4-9-24(23)31)32-35(26)29(36)20-34(30(37)21-6-5-7-21)13-12-33-14-16-40-17-15-33/h3-4,8-11,18,21,26H,5-7,12-17,19-20H2,1-2H3. The minimum atomic E-state index is -0.484. The second-order valence-electron chi connectivity index (χ2n) is 10.4. The Labute approximate surface area is 234 Å². The normalized spacial score (nSPS) is 19.6. The van der Waals surface area contributed by atoms with E-state index in [9.17, 15) is 14.0 Å². The lowest BCUT2D eigenvalue weighted by Crippen LogP contribution is -2.49. The number of hydrogen-bond acceptors (Lipinski definition) is 7. The van der Waals surface area contributed by atoms with Crippen molar-refractivity contribution in [3.05, 3.63) is 59.4 Å². The Bertz CT molecular complexity index is 1240. The Kier molecular flexibility index (Phi) is 8.96. The number of morpholine rings is 1. The van der Waals surface area contributed by atoms with Gasteiger partial charge in [0.25, 0.3) is 5.91 Å². The fourth-order valence-corrected chi connectivity index (χ4v) is 5.42. The van der Waals surface area contributed by atoms with Gasteiger partial charge in [-0.3, -0.25) is 14.5 Å². The number of halogens is 1. The number of nitrogens with zero attached hydrogens (tertiary/aromatic N) is 4. The maximum atomic E-state index is 14.8. The zero-order valence-corrected chi connectivity index (χ0v) is 23.2. The van der Waals surface area contributed by atoms with E-state index in [0.29, 0.717) is 55.5 Å². The summed E-state index contributed by atoms with van der Waals surface area (Å²) in [6, 6.07) is 11.4. The Hall–Kier alpha value is -3.50. The van der Waals surface area contributed by atoms with Gasteiger partial charge in [0.2, 0.25) is 5.91 Å². The number of hydrogen-bond donors (Lipinski definition) is 0. The van der Waals surface area contributed by atoms with E-state index < -0.39 is 11.9 Å². The summed E-state index contributed by atoms with van der Waals surface area (Å²) >= 11 is 0. The van der Waals surface area contributed by atoms with Gasteiger partial charge in [-0.25, -0.2) is 9.40 Å². The maximum Gasteiger partial charge on any atom is 0.262 e. The van der Waals surface area contributed by atoms with E-state index in [1.807, 2.05) is 12.1 Å². The highest BCUT2D eigenvalue weighted by molar-refractivity contribution is 6.03. The third-order valence-corrected chi connectivity index (χ3v) is 8.03. The van der Waals surface area contributed by atoms with Gasteiger partial charge < -0.3 is 19.1 Å². The van der Waals surface area contributed by atoms with Gasteiger partial charge in [0.15, 0.2) is 11.5 Å². The summed E-state index contributed by atoms with van der Waals surface area (Å²) in [4.78, 5) is 31.2. The van der Waals surface area contributed by atoms with Gasteiger partial charge in [-0.2, -0.15) is 5.10 Å². The third kappa shape index (κ3) is 6.13. The van der Waals surface area contributed by atoms with Gasteiger partial charge in [-0.05, 0) is 36.6 Å². The molecule has 3 aliphatic rings. The molecule has 2 aliphatic heterocycles. The summed E-state index contributed by atoms with van der Waals surface area (Å²) < 4.78 is 31.1. The molecule has 2 aromatic carbocycles. The van der Waals surface area contributed by atoms with Gasteiger partial charge >= 0.3 is 0 Å². The van der Waals surface area contributed by atoms with Crippen molar-refractivity contribution in [3.8, 4) is 11.5 Å². The molecular formula is C30H37FN4O5. The predicted octanol–water partition coefficient (Wildman–Crippen LogP) is 3.48. The van der Waals surface area contributed by atoms with Crippen LogP contribution in [-0.4, -0.2) is 92.5 Å². The smallest absolute Gasteiger partial charge is 0.262 e. The molecule has 0 spiro atoms. The van der Waals surface area contributed by atoms with Crippen LogP contribution in [-0.2, 0) is 14.3 Å². The fourth-order valence-electron chi connectivity index (χ4n) is 5.42. The van der Waals surface area contributed by atoms with E-state index >= 15 is 0 Å². The summed E-state index contributed by atoms with van der Waals surface area (Å²) in [6.45, 7) is 4.01. The lowest BCUT2D eigenvalue weighted by molar-refractivity contribution is -0.145. The fraction of sp³-hybridized carbons (Fsp3) is 0.500. The quantitative estimate of drug-likeness (QED) is 0.449. The molecule has 2 fully saturated rings. The molecule has 0 bridgehead atoms. The average Bonchev–Trinajstić information content (AvgIpc) is 3.40. The number of rotatable bonds is 10. The summed E-state index contributed by atoms with van der Waals surface area (Å²) in [7, 11) is 3.12. The second kappa shape index (κ2) is 12.8. The van der Waals surface area contributed by atoms with Crippen LogP contribution in [0.25, 0.3) is 0 Å². The van der Waals surface area contributed by atoms with Crippen LogP contribution in [0.2, 0.25) is 0 Å². The number of ether oxygens (including phenoxy) is 3. The molecule has 2 amide bonds. The van der Waals surface area contributed by atoms with Gasteiger partial charge in [-0.15, -0.1) is 0 Å². The molecular weight excluding hydrogens is 515 g/mol. The SMILES string of the molecule is COc1ccc(C2CC(c3ccccc3F)=NN2C(=O)CN(CCN2CCOCC2)C(=O)C2CCC2)cc1OC. The minimum absolute atomic E-state index is 0.0213. The van der Waals surface area contributed by atoms with Crippen LogP contribution in [0, 0.1) is 11.7 Å². The van der Waals surface area contributed by atoms with Gasteiger partial charge in [0.1, 0.15) is 12.4 Å². The molecule has 1 unspecified atom stereocenters. The van der Waals surface area contributed by atoms with Crippen molar-refractivity contribution in [2.45, 2.75) is 31.7 Å². The molecule has 2 aromatic rings. The first-order valence-electron chi connectivity index (χ1n) is 13.9. The summed E-state index contributed by atoms with van der Waals surface area (Å²) in [5.41, 5.74) is 1.63. The van der Waals surface area contributed by atoms with Crippen LogP contribution in [0.3, 0.4) is 0 Å². The maximum absolute atomic E-state index is 14.8. The van der Waals surface area contributed by atoms with Crippen molar-refractivity contribution in [3.63, 3.8) is 0 Å². The van der Waals surface area contributed by atoms with Crippen LogP contribution in [0.1, 0.15) is 42.9 Å². The Morgan fingerprint density at radius 3 is 2.50 bits per heavy atom. The van der Waals surface area contributed by atoms with E-state index in [1.54, 1.807) is 43.4 Å². The number of benzene rings is 2. The van der Waals surface area contributed by atoms with Crippen molar-refractivity contribution < 1.29 is 28.2 Å². The number of methoxy groups -OCH3 is 2. The first-order chi connectivity index (χ1) is 19.5. The zero-order valence-electron chi connectivity index (χ0n) is 23.2. The molecule has 0 radical (unpaired) electrons. The molecule has 1 aliphatic carbocycles. The third-order valence-electron chi connectivity index (χ3n) is 8.03. The average molecular weight is 553 g/mol. The topological polar surface area (TPSA) is 83.9 Å². The van der Waals surface area contributed by atoms with Gasteiger partial charge in [-0.1, -0.05) is 30.7 Å². The molecule has 2 heterocycles. The van der Waals surface area contributed by atoms with Crippen LogP contribution < -0.4 is 9.47 Å². The van der Waals surface area contributed by atoms with Crippen molar-refractivity contribution in [1.82, 2.24) is 14.8 Å². The van der Waals surface area contributed by atoms with E-state index in [-0.39, 0.29) is 24.3 Å². The lowest BCUT2D eigenvalue weighted by Gasteiger charge is -2.34. The van der Waals surface area contributed by atoms with Crippen LogP contribution in [0.15, 0.2) is 47.6 Å². The molecule has 0 aromatic heterocycles.